The molecular formula is C12H13Cl2NO4. The van der Waals surface area contributed by atoms with Crippen molar-refractivity contribution in [3.63, 3.8) is 0 Å². The van der Waals surface area contributed by atoms with E-state index in [1.54, 1.807) is 19.1 Å². The number of rotatable bonds is 6. The summed E-state index contributed by atoms with van der Waals surface area (Å²) in [5.41, 5.74) is 0. The summed E-state index contributed by atoms with van der Waals surface area (Å²) in [6.07, 6.45) is -0.149. The largest absolute Gasteiger partial charge is 0.482 e. The molecule has 5 nitrogen and oxygen atoms in total. The Hall–Kier alpha value is -1.46. The number of halogens is 2. The van der Waals surface area contributed by atoms with Crippen LogP contribution in [0.3, 0.4) is 0 Å². The molecule has 0 spiro atoms. The molecule has 0 radical (unpaired) electrons. The van der Waals surface area contributed by atoms with Crippen LogP contribution in [-0.4, -0.2) is 29.6 Å². The van der Waals surface area contributed by atoms with E-state index in [1.807, 2.05) is 0 Å². The second-order valence-corrected chi connectivity index (χ2v) is 4.77. The highest BCUT2D eigenvalue weighted by atomic mass is 35.5. The van der Waals surface area contributed by atoms with Gasteiger partial charge in [0.15, 0.2) is 6.61 Å². The highest BCUT2D eigenvalue weighted by Crippen LogP contribution is 2.27. The monoisotopic (exact) mass is 305 g/mol. The minimum Gasteiger partial charge on any atom is -0.482 e. The molecule has 104 valence electrons. The van der Waals surface area contributed by atoms with E-state index in [2.05, 4.69) is 5.32 Å². The Kier molecular flexibility index (Phi) is 5.92. The molecule has 0 aliphatic heterocycles. The predicted octanol–water partition coefficient (Wildman–Crippen LogP) is 2.35. The number of carbonyl (C=O) groups excluding carboxylic acids is 1. The molecule has 0 aromatic heterocycles. The first-order valence-electron chi connectivity index (χ1n) is 5.47. The van der Waals surface area contributed by atoms with Crippen molar-refractivity contribution in [2.75, 3.05) is 6.61 Å². The zero-order valence-corrected chi connectivity index (χ0v) is 11.7. The number of ether oxygens (including phenoxy) is 1. The lowest BCUT2D eigenvalue weighted by Gasteiger charge is -2.12. The summed E-state index contributed by atoms with van der Waals surface area (Å²) in [5.74, 6) is -1.10. The van der Waals surface area contributed by atoms with E-state index in [0.29, 0.717) is 15.8 Å². The first-order valence-corrected chi connectivity index (χ1v) is 6.23. The number of nitrogens with one attached hydrogen (secondary N) is 1. The van der Waals surface area contributed by atoms with Gasteiger partial charge in [-0.3, -0.25) is 9.59 Å². The van der Waals surface area contributed by atoms with Crippen molar-refractivity contribution in [1.82, 2.24) is 5.32 Å². The van der Waals surface area contributed by atoms with Crippen molar-refractivity contribution >= 4 is 35.1 Å². The van der Waals surface area contributed by atoms with Gasteiger partial charge in [0.05, 0.1) is 11.4 Å². The maximum Gasteiger partial charge on any atom is 0.305 e. The summed E-state index contributed by atoms with van der Waals surface area (Å²) in [4.78, 5) is 21.9. The van der Waals surface area contributed by atoms with Gasteiger partial charge in [0.1, 0.15) is 5.75 Å². The zero-order chi connectivity index (χ0) is 14.4. The van der Waals surface area contributed by atoms with Gasteiger partial charge in [-0.2, -0.15) is 0 Å². The van der Waals surface area contributed by atoms with Gasteiger partial charge in [-0.05, 0) is 19.1 Å². The van der Waals surface area contributed by atoms with E-state index in [9.17, 15) is 9.59 Å². The van der Waals surface area contributed by atoms with Crippen molar-refractivity contribution in [2.24, 2.45) is 0 Å². The summed E-state index contributed by atoms with van der Waals surface area (Å²) >= 11 is 11.6. The topological polar surface area (TPSA) is 75.6 Å². The molecule has 0 bridgehead atoms. The van der Waals surface area contributed by atoms with Crippen molar-refractivity contribution < 1.29 is 19.4 Å². The molecule has 1 aromatic rings. The summed E-state index contributed by atoms with van der Waals surface area (Å²) < 4.78 is 5.21. The number of benzene rings is 1. The van der Waals surface area contributed by atoms with E-state index >= 15 is 0 Å². The van der Waals surface area contributed by atoms with Crippen LogP contribution in [0.1, 0.15) is 13.3 Å². The molecule has 0 fully saturated rings. The van der Waals surface area contributed by atoms with Gasteiger partial charge in [-0.25, -0.2) is 0 Å². The van der Waals surface area contributed by atoms with Crippen LogP contribution in [0.15, 0.2) is 18.2 Å². The van der Waals surface area contributed by atoms with E-state index in [0.717, 1.165) is 0 Å². The molecule has 0 aliphatic carbocycles. The third kappa shape index (κ3) is 5.81. The maximum atomic E-state index is 11.5. The highest BCUT2D eigenvalue weighted by Gasteiger charge is 2.12. The summed E-state index contributed by atoms with van der Waals surface area (Å²) in [6.45, 7) is 1.34. The number of hydrogen-bond donors (Lipinski definition) is 2. The van der Waals surface area contributed by atoms with Crippen LogP contribution in [0.25, 0.3) is 0 Å². The molecule has 1 amide bonds. The number of hydrogen-bond acceptors (Lipinski definition) is 3. The fraction of sp³-hybridized carbons (Fsp3) is 0.333. The van der Waals surface area contributed by atoms with Gasteiger partial charge in [0, 0.05) is 17.1 Å². The average Bonchev–Trinajstić information content (AvgIpc) is 2.29. The molecule has 19 heavy (non-hydrogen) atoms. The number of carboxylic acids is 1. The third-order valence-electron chi connectivity index (χ3n) is 2.14. The highest BCUT2D eigenvalue weighted by molar-refractivity contribution is 6.34. The quantitative estimate of drug-likeness (QED) is 0.846. The van der Waals surface area contributed by atoms with Crippen LogP contribution in [0.5, 0.6) is 5.75 Å². The van der Waals surface area contributed by atoms with Crippen LogP contribution in [0.4, 0.5) is 0 Å². The Balaban J connectivity index is 2.46. The molecule has 1 aromatic carbocycles. The first-order chi connectivity index (χ1) is 8.88. The molecule has 0 heterocycles. The van der Waals surface area contributed by atoms with Crippen LogP contribution >= 0.6 is 23.2 Å². The molecular weight excluding hydrogens is 293 g/mol. The summed E-state index contributed by atoms with van der Waals surface area (Å²) in [6, 6.07) is 4.19. The normalized spacial score (nSPS) is 11.7. The standard InChI is InChI=1S/C12H13Cl2NO4/c1-7(4-12(17)18)15-11(16)6-19-10-5-8(13)2-3-9(10)14/h2-3,5,7H,4,6H2,1H3,(H,15,16)(H,17,18). The number of carboxylic acid groups (broad SMARTS) is 1. The van der Waals surface area contributed by atoms with Crippen molar-refractivity contribution in [3.05, 3.63) is 28.2 Å². The third-order valence-corrected chi connectivity index (χ3v) is 2.69. The fourth-order valence-electron chi connectivity index (χ4n) is 1.36. The molecule has 0 saturated carbocycles. The SMILES string of the molecule is CC(CC(=O)O)NC(=O)COc1cc(Cl)ccc1Cl. The molecule has 1 unspecified atom stereocenters. The molecule has 1 atom stereocenters. The molecule has 7 heteroatoms. The Labute approximate surface area is 120 Å². The van der Waals surface area contributed by atoms with Crippen molar-refractivity contribution in [1.29, 1.82) is 0 Å². The Morgan fingerprint density at radius 2 is 2.11 bits per heavy atom. The van der Waals surface area contributed by atoms with Gasteiger partial charge < -0.3 is 15.2 Å². The number of amides is 1. The van der Waals surface area contributed by atoms with Crippen molar-refractivity contribution in [3.8, 4) is 5.75 Å². The van der Waals surface area contributed by atoms with E-state index in [1.165, 1.54) is 6.07 Å². The second-order valence-electron chi connectivity index (χ2n) is 3.93. The second kappa shape index (κ2) is 7.21. The summed E-state index contributed by atoms with van der Waals surface area (Å²) in [7, 11) is 0. The Bertz CT molecular complexity index is 479. The van der Waals surface area contributed by atoms with E-state index in [-0.39, 0.29) is 13.0 Å². The van der Waals surface area contributed by atoms with Gasteiger partial charge in [0.2, 0.25) is 0 Å². The van der Waals surface area contributed by atoms with Gasteiger partial charge in [-0.15, -0.1) is 0 Å². The number of aliphatic carboxylic acids is 1. The van der Waals surface area contributed by atoms with Crippen LogP contribution in [0.2, 0.25) is 10.0 Å². The minimum atomic E-state index is -0.980. The Morgan fingerprint density at radius 1 is 1.42 bits per heavy atom. The van der Waals surface area contributed by atoms with Crippen molar-refractivity contribution in [2.45, 2.75) is 19.4 Å². The maximum absolute atomic E-state index is 11.5. The lowest BCUT2D eigenvalue weighted by Crippen LogP contribution is -2.37. The number of carbonyl (C=O) groups is 2. The molecule has 0 aliphatic rings. The van der Waals surface area contributed by atoms with E-state index < -0.39 is 17.9 Å². The smallest absolute Gasteiger partial charge is 0.305 e. The Morgan fingerprint density at radius 3 is 2.74 bits per heavy atom. The van der Waals surface area contributed by atoms with Crippen LogP contribution in [-0.2, 0) is 9.59 Å². The van der Waals surface area contributed by atoms with Crippen LogP contribution < -0.4 is 10.1 Å². The first kappa shape index (κ1) is 15.6. The lowest BCUT2D eigenvalue weighted by atomic mass is 10.2. The average molecular weight is 306 g/mol. The van der Waals surface area contributed by atoms with E-state index in [4.69, 9.17) is 33.0 Å². The molecule has 0 saturated heterocycles. The lowest BCUT2D eigenvalue weighted by molar-refractivity contribution is -0.137. The van der Waals surface area contributed by atoms with Gasteiger partial charge >= 0.3 is 5.97 Å². The summed E-state index contributed by atoms with van der Waals surface area (Å²) in [5, 5.41) is 11.8. The van der Waals surface area contributed by atoms with Crippen LogP contribution in [0, 0.1) is 0 Å². The molecule has 1 rings (SSSR count). The zero-order valence-electron chi connectivity index (χ0n) is 10.2. The predicted molar refractivity (Wildman–Crippen MR) is 71.8 cm³/mol. The van der Waals surface area contributed by atoms with Gasteiger partial charge in [-0.1, -0.05) is 23.2 Å². The fourth-order valence-corrected chi connectivity index (χ4v) is 1.69. The van der Waals surface area contributed by atoms with Gasteiger partial charge in [0.25, 0.3) is 5.91 Å². The minimum absolute atomic E-state index is 0.149. The molecule has 2 N–H and O–H groups in total.